The third-order valence-electron chi connectivity index (χ3n) is 7.38. The Labute approximate surface area is 206 Å². The van der Waals surface area contributed by atoms with Crippen LogP contribution in [0.2, 0.25) is 5.02 Å². The van der Waals surface area contributed by atoms with E-state index in [-0.39, 0.29) is 23.8 Å². The van der Waals surface area contributed by atoms with Gasteiger partial charge in [0.05, 0.1) is 5.57 Å². The lowest BCUT2D eigenvalue weighted by atomic mass is 9.71. The number of carbonyl (C=O) groups excluding carboxylic acids is 2. The number of esters is 1. The second-order valence-corrected chi connectivity index (χ2v) is 10.2. The summed E-state index contributed by atoms with van der Waals surface area (Å²) in [6.45, 7) is 3.96. The molecule has 1 fully saturated rings. The Morgan fingerprint density at radius 3 is 2.26 bits per heavy atom. The molecule has 0 unspecified atom stereocenters. The molecule has 0 saturated heterocycles. The predicted octanol–water partition coefficient (Wildman–Crippen LogP) is 6.50. The normalized spacial score (nSPS) is 23.1. The van der Waals surface area contributed by atoms with Gasteiger partial charge in [-0.05, 0) is 75.1 Å². The van der Waals surface area contributed by atoms with Crippen LogP contribution >= 0.6 is 11.6 Å². The summed E-state index contributed by atoms with van der Waals surface area (Å²) in [5, 5.41) is 4.12. The molecule has 2 aromatic rings. The smallest absolute Gasteiger partial charge is 0.337 e. The fourth-order valence-electron chi connectivity index (χ4n) is 5.59. The molecule has 1 heterocycles. The minimum atomic E-state index is -0.413. The lowest BCUT2D eigenvalue weighted by Crippen LogP contribution is -2.36. The average molecular weight is 476 g/mol. The van der Waals surface area contributed by atoms with Crippen molar-refractivity contribution in [1.29, 1.82) is 0 Å². The minimum absolute atomic E-state index is 0.0295. The lowest BCUT2D eigenvalue weighted by molar-refractivity contribution is -0.144. The summed E-state index contributed by atoms with van der Waals surface area (Å²) in [6, 6.07) is 15.9. The van der Waals surface area contributed by atoms with Crippen LogP contribution in [0.3, 0.4) is 0 Å². The Morgan fingerprint density at radius 2 is 1.59 bits per heavy atom. The first-order valence-corrected chi connectivity index (χ1v) is 12.6. The summed E-state index contributed by atoms with van der Waals surface area (Å²) in [4.78, 5) is 27.1. The molecule has 34 heavy (non-hydrogen) atoms. The van der Waals surface area contributed by atoms with Crippen LogP contribution in [-0.4, -0.2) is 17.9 Å². The molecule has 1 saturated carbocycles. The molecule has 1 aliphatic heterocycles. The van der Waals surface area contributed by atoms with Crippen molar-refractivity contribution in [3.63, 3.8) is 0 Å². The first-order valence-electron chi connectivity index (χ1n) is 12.2. The zero-order valence-electron chi connectivity index (χ0n) is 19.7. The highest BCUT2D eigenvalue weighted by Gasteiger charge is 2.42. The van der Waals surface area contributed by atoms with Gasteiger partial charge in [0.1, 0.15) is 6.10 Å². The monoisotopic (exact) mass is 475 g/mol. The molecule has 0 spiro atoms. The van der Waals surface area contributed by atoms with E-state index in [0.29, 0.717) is 29.0 Å². The highest BCUT2D eigenvalue weighted by Crippen LogP contribution is 2.46. The number of dihydropyridines is 1. The number of hydrogen-bond acceptors (Lipinski definition) is 4. The van der Waals surface area contributed by atoms with Crippen molar-refractivity contribution >= 4 is 23.4 Å². The van der Waals surface area contributed by atoms with Crippen LogP contribution in [0.4, 0.5) is 0 Å². The van der Waals surface area contributed by atoms with E-state index in [1.807, 2.05) is 62.4 Å². The van der Waals surface area contributed by atoms with Crippen LogP contribution in [0.1, 0.15) is 74.0 Å². The van der Waals surface area contributed by atoms with E-state index in [9.17, 15) is 9.59 Å². The first-order chi connectivity index (χ1) is 16.4. The van der Waals surface area contributed by atoms with Crippen molar-refractivity contribution in [2.24, 2.45) is 0 Å². The molecular formula is C29H30ClNO3. The third-order valence-corrected chi connectivity index (χ3v) is 7.63. The summed E-state index contributed by atoms with van der Waals surface area (Å²) in [7, 11) is 0. The SMILES string of the molecule is CC1=C(C(=O)OC2CCCC2)[C@H](c2ccc(C)cc2)C2=C(C[C@@H](c3ccc(Cl)cc3)CC2=O)N1. The van der Waals surface area contributed by atoms with Crippen LogP contribution in [0.15, 0.2) is 71.1 Å². The van der Waals surface area contributed by atoms with Crippen LogP contribution < -0.4 is 5.32 Å². The van der Waals surface area contributed by atoms with Gasteiger partial charge in [-0.1, -0.05) is 53.6 Å². The number of rotatable bonds is 4. The van der Waals surface area contributed by atoms with Crippen molar-refractivity contribution in [1.82, 2.24) is 5.32 Å². The fraction of sp³-hybridized carbons (Fsp3) is 0.379. The number of halogens is 1. The lowest BCUT2D eigenvalue weighted by Gasteiger charge is -2.37. The maximum atomic E-state index is 13.7. The van der Waals surface area contributed by atoms with Crippen molar-refractivity contribution in [3.05, 3.63) is 92.8 Å². The zero-order valence-corrected chi connectivity index (χ0v) is 20.5. The topological polar surface area (TPSA) is 55.4 Å². The van der Waals surface area contributed by atoms with E-state index in [2.05, 4.69) is 5.32 Å². The van der Waals surface area contributed by atoms with Gasteiger partial charge in [0.25, 0.3) is 0 Å². The molecule has 0 aromatic heterocycles. The van der Waals surface area contributed by atoms with Gasteiger partial charge in [-0.15, -0.1) is 0 Å². The number of carbonyl (C=O) groups is 2. The molecule has 176 valence electrons. The van der Waals surface area contributed by atoms with E-state index in [0.717, 1.165) is 53.8 Å². The Bertz CT molecular complexity index is 1170. The second kappa shape index (κ2) is 9.42. The van der Waals surface area contributed by atoms with E-state index in [1.165, 1.54) is 0 Å². The van der Waals surface area contributed by atoms with Crippen molar-refractivity contribution in [2.75, 3.05) is 0 Å². The summed E-state index contributed by atoms with van der Waals surface area (Å²) in [6.07, 6.45) is 5.11. The molecule has 0 radical (unpaired) electrons. The van der Waals surface area contributed by atoms with Gasteiger partial charge in [-0.3, -0.25) is 4.79 Å². The number of benzene rings is 2. The molecule has 0 amide bonds. The van der Waals surface area contributed by atoms with Gasteiger partial charge in [0.15, 0.2) is 5.78 Å². The van der Waals surface area contributed by atoms with E-state index in [4.69, 9.17) is 16.3 Å². The molecule has 2 aromatic carbocycles. The molecule has 1 N–H and O–H groups in total. The highest BCUT2D eigenvalue weighted by molar-refractivity contribution is 6.30. The van der Waals surface area contributed by atoms with Crippen LogP contribution in [0, 0.1) is 6.92 Å². The summed E-state index contributed by atoms with van der Waals surface area (Å²) in [5.74, 6) is -0.557. The number of ketones is 1. The maximum Gasteiger partial charge on any atom is 0.337 e. The van der Waals surface area contributed by atoms with Gasteiger partial charge in [0, 0.05) is 34.3 Å². The second-order valence-electron chi connectivity index (χ2n) is 9.79. The molecule has 5 rings (SSSR count). The van der Waals surface area contributed by atoms with E-state index >= 15 is 0 Å². The highest BCUT2D eigenvalue weighted by atomic mass is 35.5. The number of hydrogen-bond donors (Lipinski definition) is 1. The maximum absolute atomic E-state index is 13.7. The van der Waals surface area contributed by atoms with Crippen LogP contribution in [0.5, 0.6) is 0 Å². The van der Waals surface area contributed by atoms with Gasteiger partial charge < -0.3 is 10.1 Å². The van der Waals surface area contributed by atoms with Crippen LogP contribution in [0.25, 0.3) is 0 Å². The number of aryl methyl sites for hydroxylation is 1. The minimum Gasteiger partial charge on any atom is -0.459 e. The fourth-order valence-corrected chi connectivity index (χ4v) is 5.72. The Kier molecular flexibility index (Phi) is 6.35. The predicted molar refractivity (Wildman–Crippen MR) is 134 cm³/mol. The van der Waals surface area contributed by atoms with Crippen molar-refractivity contribution in [2.45, 2.75) is 70.3 Å². The van der Waals surface area contributed by atoms with E-state index < -0.39 is 5.92 Å². The Morgan fingerprint density at radius 1 is 0.941 bits per heavy atom. The van der Waals surface area contributed by atoms with Gasteiger partial charge >= 0.3 is 5.97 Å². The third kappa shape index (κ3) is 4.44. The molecule has 3 aliphatic rings. The molecule has 4 nitrogen and oxygen atoms in total. The largest absolute Gasteiger partial charge is 0.459 e. The summed E-state index contributed by atoms with van der Waals surface area (Å²) >= 11 is 6.08. The number of ether oxygens (including phenoxy) is 1. The number of allylic oxidation sites excluding steroid dienone is 3. The standard InChI is InChI=1S/C29H30ClNO3/c1-17-7-9-20(10-8-17)27-26(29(33)34-23-5-3-4-6-23)18(2)31-24-15-21(16-25(32)28(24)27)19-11-13-22(30)14-12-19/h7-14,21,23,27,31H,3-6,15-16H2,1-2H3/t21-,27+/m1/s1. The van der Waals surface area contributed by atoms with Gasteiger partial charge in [-0.25, -0.2) is 4.79 Å². The Hall–Kier alpha value is -2.85. The van der Waals surface area contributed by atoms with E-state index in [1.54, 1.807) is 0 Å². The number of Topliss-reactive ketones (excluding diaryl/α,β-unsaturated/α-hetero) is 1. The average Bonchev–Trinajstić information content (AvgIpc) is 3.32. The Balaban J connectivity index is 1.53. The van der Waals surface area contributed by atoms with Gasteiger partial charge in [0.2, 0.25) is 0 Å². The molecular weight excluding hydrogens is 446 g/mol. The molecule has 5 heteroatoms. The summed E-state index contributed by atoms with van der Waals surface area (Å²) in [5.41, 5.74) is 6.15. The van der Waals surface area contributed by atoms with Crippen molar-refractivity contribution in [3.8, 4) is 0 Å². The molecule has 0 bridgehead atoms. The number of nitrogens with one attached hydrogen (secondary N) is 1. The van der Waals surface area contributed by atoms with Crippen molar-refractivity contribution < 1.29 is 14.3 Å². The summed E-state index contributed by atoms with van der Waals surface area (Å²) < 4.78 is 5.93. The first kappa shape index (κ1) is 22.9. The van der Waals surface area contributed by atoms with Crippen LogP contribution in [-0.2, 0) is 14.3 Å². The zero-order chi connectivity index (χ0) is 23.8. The molecule has 2 aliphatic carbocycles. The van der Waals surface area contributed by atoms with Gasteiger partial charge in [-0.2, -0.15) is 0 Å². The molecule has 2 atom stereocenters. The quantitative estimate of drug-likeness (QED) is 0.513.